The Morgan fingerprint density at radius 1 is 1.00 bits per heavy atom. The minimum atomic E-state index is 0.692. The molecule has 2 N–H and O–H groups in total. The number of fused-ring (bicyclic) bond motifs is 1. The molecule has 2 heterocycles. The van der Waals surface area contributed by atoms with Gasteiger partial charge in [0.05, 0.1) is 11.2 Å². The first-order valence-corrected chi connectivity index (χ1v) is 6.23. The Morgan fingerprint density at radius 2 is 1.94 bits per heavy atom. The quantitative estimate of drug-likeness (QED) is 0.562. The van der Waals surface area contributed by atoms with Crippen molar-refractivity contribution in [1.82, 2.24) is 15.0 Å². The largest absolute Gasteiger partial charge is 0.397 e. The molecule has 0 aliphatic carbocycles. The number of hydrogen-bond donors (Lipinski definition) is 1. The van der Waals surface area contributed by atoms with Crippen LogP contribution in [0.15, 0.2) is 59.0 Å². The van der Waals surface area contributed by atoms with Crippen LogP contribution >= 0.6 is 11.8 Å². The molecule has 0 spiro atoms. The van der Waals surface area contributed by atoms with Gasteiger partial charge in [0.25, 0.3) is 0 Å². The molecule has 3 aromatic rings. The van der Waals surface area contributed by atoms with Crippen LogP contribution in [-0.2, 0) is 0 Å². The van der Waals surface area contributed by atoms with E-state index in [-0.39, 0.29) is 0 Å². The first-order chi connectivity index (χ1) is 8.84. The summed E-state index contributed by atoms with van der Waals surface area (Å²) in [6.45, 7) is 0. The van der Waals surface area contributed by atoms with Gasteiger partial charge in [-0.3, -0.25) is 4.98 Å². The molecule has 0 saturated heterocycles. The topological polar surface area (TPSA) is 64.7 Å². The Bertz CT molecular complexity index is 685. The molecule has 0 aliphatic rings. The predicted molar refractivity (Wildman–Crippen MR) is 72.3 cm³/mol. The molecule has 18 heavy (non-hydrogen) atoms. The summed E-state index contributed by atoms with van der Waals surface area (Å²) in [5.41, 5.74) is 7.44. The molecule has 5 heteroatoms. The fourth-order valence-electron chi connectivity index (χ4n) is 1.71. The zero-order valence-corrected chi connectivity index (χ0v) is 10.3. The molecule has 0 saturated carbocycles. The van der Waals surface area contributed by atoms with Crippen LogP contribution < -0.4 is 5.73 Å². The molecule has 2 aromatic heterocycles. The van der Waals surface area contributed by atoms with Crippen LogP contribution in [0.1, 0.15) is 0 Å². The summed E-state index contributed by atoms with van der Waals surface area (Å²) in [5, 5.41) is 1.95. The number of nitrogens with zero attached hydrogens (tertiary/aromatic N) is 3. The van der Waals surface area contributed by atoms with Crippen molar-refractivity contribution in [3.8, 4) is 0 Å². The number of nitrogen functional groups attached to an aromatic ring is 1. The lowest BCUT2D eigenvalue weighted by atomic mass is 10.2. The van der Waals surface area contributed by atoms with Crippen molar-refractivity contribution in [2.75, 3.05) is 5.73 Å². The average molecular weight is 254 g/mol. The van der Waals surface area contributed by atoms with Gasteiger partial charge in [0, 0.05) is 22.7 Å². The van der Waals surface area contributed by atoms with E-state index >= 15 is 0 Å². The average Bonchev–Trinajstić information content (AvgIpc) is 2.44. The summed E-state index contributed by atoms with van der Waals surface area (Å²) in [4.78, 5) is 13.5. The van der Waals surface area contributed by atoms with E-state index in [1.165, 1.54) is 0 Å². The third-order valence-electron chi connectivity index (χ3n) is 2.53. The smallest absolute Gasteiger partial charge is 0.116 e. The van der Waals surface area contributed by atoms with E-state index in [4.69, 9.17) is 5.73 Å². The summed E-state index contributed by atoms with van der Waals surface area (Å²) in [6.07, 6.45) is 5.02. The summed E-state index contributed by atoms with van der Waals surface area (Å²) < 4.78 is 0. The van der Waals surface area contributed by atoms with Crippen LogP contribution in [0.25, 0.3) is 10.9 Å². The Morgan fingerprint density at radius 3 is 2.78 bits per heavy atom. The third-order valence-corrected chi connectivity index (χ3v) is 3.56. The van der Waals surface area contributed by atoms with E-state index in [9.17, 15) is 0 Å². The molecule has 0 amide bonds. The molecular weight excluding hydrogens is 244 g/mol. The minimum Gasteiger partial charge on any atom is -0.397 e. The predicted octanol–water partition coefficient (Wildman–Crippen LogP) is 2.76. The van der Waals surface area contributed by atoms with Gasteiger partial charge in [-0.1, -0.05) is 17.8 Å². The molecule has 1 aromatic carbocycles. The van der Waals surface area contributed by atoms with Crippen LogP contribution in [0.3, 0.4) is 0 Å². The highest BCUT2D eigenvalue weighted by molar-refractivity contribution is 7.99. The SMILES string of the molecule is Nc1ccc(Sc2ccncn2)c2cccnc12. The standard InChI is InChI=1S/C13H10N4S/c14-10-3-4-11(9-2-1-6-16-13(9)10)18-12-5-7-15-8-17-12/h1-8H,14H2. The van der Waals surface area contributed by atoms with Crippen molar-refractivity contribution in [3.05, 3.63) is 49.1 Å². The number of aromatic nitrogens is 3. The molecule has 0 aliphatic heterocycles. The normalized spacial score (nSPS) is 10.7. The second kappa shape index (κ2) is 4.62. The number of nitrogens with two attached hydrogens (primary N) is 1. The summed E-state index contributed by atoms with van der Waals surface area (Å²) in [6, 6.07) is 9.67. The Hall–Kier alpha value is -2.14. The van der Waals surface area contributed by atoms with Gasteiger partial charge in [-0.25, -0.2) is 9.97 Å². The van der Waals surface area contributed by atoms with Crippen molar-refractivity contribution in [3.63, 3.8) is 0 Å². The Labute approximate surface area is 108 Å². The van der Waals surface area contributed by atoms with Gasteiger partial charge in [0.1, 0.15) is 11.4 Å². The van der Waals surface area contributed by atoms with E-state index in [1.54, 1.807) is 30.5 Å². The molecular formula is C13H10N4S. The van der Waals surface area contributed by atoms with Gasteiger partial charge in [0.2, 0.25) is 0 Å². The van der Waals surface area contributed by atoms with Gasteiger partial charge in [-0.2, -0.15) is 0 Å². The lowest BCUT2D eigenvalue weighted by molar-refractivity contribution is 1.05. The molecule has 0 radical (unpaired) electrons. The second-order valence-electron chi connectivity index (χ2n) is 3.70. The van der Waals surface area contributed by atoms with E-state index in [1.807, 2.05) is 30.3 Å². The Balaban J connectivity index is 2.10. The zero-order valence-electron chi connectivity index (χ0n) is 9.45. The molecule has 0 fully saturated rings. The highest BCUT2D eigenvalue weighted by Gasteiger charge is 2.06. The molecule has 4 nitrogen and oxygen atoms in total. The maximum atomic E-state index is 5.92. The van der Waals surface area contributed by atoms with Crippen LogP contribution in [0.5, 0.6) is 0 Å². The van der Waals surface area contributed by atoms with E-state index in [0.717, 1.165) is 20.8 Å². The first-order valence-electron chi connectivity index (χ1n) is 5.41. The molecule has 88 valence electrons. The highest BCUT2D eigenvalue weighted by atomic mass is 32.2. The van der Waals surface area contributed by atoms with Crippen molar-refractivity contribution < 1.29 is 0 Å². The summed E-state index contributed by atoms with van der Waals surface area (Å²) in [5.74, 6) is 0. The van der Waals surface area contributed by atoms with Gasteiger partial charge in [-0.15, -0.1) is 0 Å². The Kier molecular flexibility index (Phi) is 2.82. The van der Waals surface area contributed by atoms with Crippen molar-refractivity contribution in [2.24, 2.45) is 0 Å². The molecule has 0 atom stereocenters. The van der Waals surface area contributed by atoms with Gasteiger partial charge >= 0.3 is 0 Å². The summed E-state index contributed by atoms with van der Waals surface area (Å²) >= 11 is 1.58. The van der Waals surface area contributed by atoms with Crippen LogP contribution in [0, 0.1) is 0 Å². The zero-order chi connectivity index (χ0) is 12.4. The lowest BCUT2D eigenvalue weighted by Crippen LogP contribution is -1.90. The number of anilines is 1. The molecule has 3 rings (SSSR count). The van der Waals surface area contributed by atoms with E-state index in [2.05, 4.69) is 15.0 Å². The maximum Gasteiger partial charge on any atom is 0.116 e. The van der Waals surface area contributed by atoms with Crippen LogP contribution in [0.4, 0.5) is 5.69 Å². The maximum absolute atomic E-state index is 5.92. The number of rotatable bonds is 2. The van der Waals surface area contributed by atoms with Crippen molar-refractivity contribution >= 4 is 28.4 Å². The summed E-state index contributed by atoms with van der Waals surface area (Å²) in [7, 11) is 0. The van der Waals surface area contributed by atoms with Gasteiger partial charge < -0.3 is 5.73 Å². The monoisotopic (exact) mass is 254 g/mol. The molecule has 0 bridgehead atoms. The van der Waals surface area contributed by atoms with E-state index < -0.39 is 0 Å². The van der Waals surface area contributed by atoms with Crippen molar-refractivity contribution in [1.29, 1.82) is 0 Å². The fraction of sp³-hybridized carbons (Fsp3) is 0. The van der Waals surface area contributed by atoms with Crippen LogP contribution in [-0.4, -0.2) is 15.0 Å². The van der Waals surface area contributed by atoms with Crippen LogP contribution in [0.2, 0.25) is 0 Å². The third kappa shape index (κ3) is 2.00. The van der Waals surface area contributed by atoms with Gasteiger partial charge in [0.15, 0.2) is 0 Å². The number of pyridine rings is 1. The first kappa shape index (κ1) is 11.0. The minimum absolute atomic E-state index is 0.692. The van der Waals surface area contributed by atoms with Gasteiger partial charge in [-0.05, 0) is 24.3 Å². The van der Waals surface area contributed by atoms with Crippen molar-refractivity contribution in [2.45, 2.75) is 9.92 Å². The fourth-order valence-corrected chi connectivity index (χ4v) is 2.57. The lowest BCUT2D eigenvalue weighted by Gasteiger charge is -2.06. The molecule has 0 unspecified atom stereocenters. The second-order valence-corrected chi connectivity index (χ2v) is 4.76. The number of benzene rings is 1. The number of hydrogen-bond acceptors (Lipinski definition) is 5. The highest BCUT2D eigenvalue weighted by Crippen LogP contribution is 2.33. The van der Waals surface area contributed by atoms with E-state index in [0.29, 0.717) is 5.69 Å².